The Hall–Kier alpha value is -1.06. The van der Waals surface area contributed by atoms with Gasteiger partial charge >= 0.3 is 0 Å². The van der Waals surface area contributed by atoms with E-state index in [1.54, 1.807) is 4.90 Å². The van der Waals surface area contributed by atoms with Crippen molar-refractivity contribution in [2.24, 2.45) is 5.92 Å². The van der Waals surface area contributed by atoms with Crippen molar-refractivity contribution in [3.63, 3.8) is 0 Å². The van der Waals surface area contributed by atoms with Gasteiger partial charge in [-0.05, 0) is 32.1 Å². The molecule has 2 fully saturated rings. The van der Waals surface area contributed by atoms with E-state index in [-0.39, 0.29) is 23.9 Å². The van der Waals surface area contributed by atoms with Gasteiger partial charge in [0.05, 0.1) is 0 Å². The minimum Gasteiger partial charge on any atom is -0.342 e. The van der Waals surface area contributed by atoms with E-state index < -0.39 is 0 Å². The maximum Gasteiger partial charge on any atom is 0.246 e. The maximum atomic E-state index is 12.3. The van der Waals surface area contributed by atoms with Gasteiger partial charge in [-0.3, -0.25) is 9.59 Å². The minimum atomic E-state index is -0.297. The van der Waals surface area contributed by atoms with E-state index in [9.17, 15) is 9.59 Å². The van der Waals surface area contributed by atoms with Gasteiger partial charge in [0.25, 0.3) is 0 Å². The third kappa shape index (κ3) is 2.61. The van der Waals surface area contributed by atoms with E-state index in [4.69, 9.17) is 0 Å². The molecule has 1 aliphatic carbocycles. The molecule has 0 bridgehead atoms. The summed E-state index contributed by atoms with van der Waals surface area (Å²) in [5.41, 5.74) is 0. The molecule has 0 aromatic heterocycles. The minimum absolute atomic E-state index is 0.0120. The van der Waals surface area contributed by atoms with Gasteiger partial charge in [0.1, 0.15) is 12.1 Å². The molecular weight excluding hydrogens is 216 g/mol. The Morgan fingerprint density at radius 1 is 1.29 bits per heavy atom. The quantitative estimate of drug-likeness (QED) is 0.734. The highest BCUT2D eigenvalue weighted by Crippen LogP contribution is 2.35. The molecule has 4 heteroatoms. The molecule has 1 saturated carbocycles. The lowest BCUT2D eigenvalue weighted by Gasteiger charge is -2.37. The van der Waals surface area contributed by atoms with Crippen molar-refractivity contribution in [1.29, 1.82) is 0 Å². The molecule has 96 valence electrons. The Bertz CT molecular complexity index is 313. The summed E-state index contributed by atoms with van der Waals surface area (Å²) in [6, 6.07) is -0.533. The topological polar surface area (TPSA) is 49.4 Å². The second kappa shape index (κ2) is 5.07. The zero-order chi connectivity index (χ0) is 12.4. The summed E-state index contributed by atoms with van der Waals surface area (Å²) in [5, 5.41) is 2.87. The molecule has 2 rings (SSSR count). The van der Waals surface area contributed by atoms with Gasteiger partial charge < -0.3 is 10.2 Å². The molecule has 1 N–H and O–H groups in total. The number of piperazine rings is 1. The number of nitrogens with zero attached hydrogens (tertiary/aromatic N) is 1. The normalized spacial score (nSPS) is 29.4. The van der Waals surface area contributed by atoms with Crippen molar-refractivity contribution in [3.8, 4) is 0 Å². The van der Waals surface area contributed by atoms with Crippen LogP contribution in [-0.2, 0) is 9.59 Å². The average Bonchev–Trinajstić information content (AvgIpc) is 3.12. The number of nitrogens with one attached hydrogen (secondary N) is 1. The fourth-order valence-corrected chi connectivity index (χ4v) is 2.43. The van der Waals surface area contributed by atoms with Crippen LogP contribution in [0.5, 0.6) is 0 Å². The predicted octanol–water partition coefficient (Wildman–Crippen LogP) is 1.30. The second-order valence-corrected chi connectivity index (χ2v) is 5.24. The van der Waals surface area contributed by atoms with Gasteiger partial charge in [-0.2, -0.15) is 0 Å². The van der Waals surface area contributed by atoms with E-state index in [1.165, 1.54) is 0 Å². The zero-order valence-electron chi connectivity index (χ0n) is 10.7. The first-order valence-electron chi connectivity index (χ1n) is 6.76. The number of amides is 2. The van der Waals surface area contributed by atoms with Crippen LogP contribution in [0.15, 0.2) is 0 Å². The first kappa shape index (κ1) is 12.4. The first-order chi connectivity index (χ1) is 8.15. The molecule has 0 aromatic rings. The standard InChI is InChI=1S/C13H22N2O2/c1-3-4-5-8-15-9(2)12(16)14-11(13(15)17)10-6-7-10/h9-11H,3-8H2,1-2H3,(H,14,16). The highest BCUT2D eigenvalue weighted by atomic mass is 16.2. The van der Waals surface area contributed by atoms with Crippen LogP contribution in [0.3, 0.4) is 0 Å². The van der Waals surface area contributed by atoms with E-state index in [0.717, 1.165) is 38.6 Å². The lowest BCUT2D eigenvalue weighted by molar-refractivity contribution is -0.149. The van der Waals surface area contributed by atoms with Crippen molar-refractivity contribution in [2.75, 3.05) is 6.54 Å². The van der Waals surface area contributed by atoms with Crippen LogP contribution in [0.1, 0.15) is 46.0 Å². The zero-order valence-corrected chi connectivity index (χ0v) is 10.7. The van der Waals surface area contributed by atoms with Gasteiger partial charge in [-0.15, -0.1) is 0 Å². The van der Waals surface area contributed by atoms with Gasteiger partial charge in [0.15, 0.2) is 0 Å². The van der Waals surface area contributed by atoms with Crippen LogP contribution in [0.4, 0.5) is 0 Å². The summed E-state index contributed by atoms with van der Waals surface area (Å²) in [5.74, 6) is 0.543. The molecule has 4 nitrogen and oxygen atoms in total. The Labute approximate surface area is 103 Å². The van der Waals surface area contributed by atoms with Crippen LogP contribution in [0, 0.1) is 5.92 Å². The van der Waals surface area contributed by atoms with Crippen LogP contribution < -0.4 is 5.32 Å². The summed E-state index contributed by atoms with van der Waals surface area (Å²) in [6.45, 7) is 4.69. The molecule has 1 saturated heterocycles. The number of unbranched alkanes of at least 4 members (excludes halogenated alkanes) is 2. The summed E-state index contributed by atoms with van der Waals surface area (Å²) in [4.78, 5) is 25.9. The van der Waals surface area contributed by atoms with E-state index in [1.807, 2.05) is 6.92 Å². The summed E-state index contributed by atoms with van der Waals surface area (Å²) in [6.07, 6.45) is 5.40. The fraction of sp³-hybridized carbons (Fsp3) is 0.846. The lowest BCUT2D eigenvalue weighted by atomic mass is 10.0. The molecule has 2 unspecified atom stereocenters. The molecule has 1 aliphatic heterocycles. The van der Waals surface area contributed by atoms with Gasteiger partial charge in [0, 0.05) is 6.54 Å². The third-order valence-corrected chi connectivity index (χ3v) is 3.79. The Morgan fingerprint density at radius 2 is 2.00 bits per heavy atom. The molecule has 2 atom stereocenters. The molecule has 2 amide bonds. The Morgan fingerprint density at radius 3 is 2.59 bits per heavy atom. The van der Waals surface area contributed by atoms with Crippen molar-refractivity contribution in [3.05, 3.63) is 0 Å². The van der Waals surface area contributed by atoms with Crippen molar-refractivity contribution >= 4 is 11.8 Å². The molecule has 0 spiro atoms. The second-order valence-electron chi connectivity index (χ2n) is 5.24. The summed E-state index contributed by atoms with van der Waals surface area (Å²) < 4.78 is 0. The monoisotopic (exact) mass is 238 g/mol. The van der Waals surface area contributed by atoms with Crippen molar-refractivity contribution in [2.45, 2.75) is 58.0 Å². The van der Waals surface area contributed by atoms with Gasteiger partial charge in [0.2, 0.25) is 11.8 Å². The average molecular weight is 238 g/mol. The molecule has 0 aromatic carbocycles. The predicted molar refractivity (Wildman–Crippen MR) is 65.4 cm³/mol. The Balaban J connectivity index is 1.99. The van der Waals surface area contributed by atoms with E-state index in [2.05, 4.69) is 12.2 Å². The number of rotatable bonds is 5. The van der Waals surface area contributed by atoms with Crippen molar-refractivity contribution < 1.29 is 9.59 Å². The van der Waals surface area contributed by atoms with Crippen LogP contribution in [0.2, 0.25) is 0 Å². The van der Waals surface area contributed by atoms with Gasteiger partial charge in [-0.1, -0.05) is 19.8 Å². The summed E-state index contributed by atoms with van der Waals surface area (Å²) >= 11 is 0. The van der Waals surface area contributed by atoms with Crippen molar-refractivity contribution in [1.82, 2.24) is 10.2 Å². The smallest absolute Gasteiger partial charge is 0.246 e. The number of hydrogen-bond donors (Lipinski definition) is 1. The molecular formula is C13H22N2O2. The van der Waals surface area contributed by atoms with Crippen LogP contribution >= 0.6 is 0 Å². The lowest BCUT2D eigenvalue weighted by Crippen LogP contribution is -2.63. The highest BCUT2D eigenvalue weighted by molar-refractivity contribution is 5.97. The van der Waals surface area contributed by atoms with Crippen LogP contribution in [0.25, 0.3) is 0 Å². The third-order valence-electron chi connectivity index (χ3n) is 3.79. The summed E-state index contributed by atoms with van der Waals surface area (Å²) in [7, 11) is 0. The molecule has 2 aliphatic rings. The van der Waals surface area contributed by atoms with Crippen LogP contribution in [-0.4, -0.2) is 35.3 Å². The van der Waals surface area contributed by atoms with Gasteiger partial charge in [-0.25, -0.2) is 0 Å². The van der Waals surface area contributed by atoms with E-state index in [0.29, 0.717) is 5.92 Å². The first-order valence-corrected chi connectivity index (χ1v) is 6.76. The fourth-order valence-electron chi connectivity index (χ4n) is 2.43. The number of hydrogen-bond acceptors (Lipinski definition) is 2. The molecule has 0 radical (unpaired) electrons. The maximum absolute atomic E-state index is 12.3. The SMILES string of the molecule is CCCCCN1C(=O)C(C2CC2)NC(=O)C1C. The molecule has 1 heterocycles. The van der Waals surface area contributed by atoms with E-state index >= 15 is 0 Å². The Kier molecular flexibility index (Phi) is 3.69. The highest BCUT2D eigenvalue weighted by Gasteiger charge is 2.45. The number of carbonyl (C=O) groups excluding carboxylic acids is 2. The molecule has 17 heavy (non-hydrogen) atoms. The number of carbonyl (C=O) groups is 2. The largest absolute Gasteiger partial charge is 0.342 e.